The molecule has 0 saturated heterocycles. The lowest BCUT2D eigenvalue weighted by molar-refractivity contribution is -0.0496. The zero-order valence-electron chi connectivity index (χ0n) is 23.0. The van der Waals surface area contributed by atoms with Gasteiger partial charge in [-0.1, -0.05) is 47.7 Å². The Bertz CT molecular complexity index is 1810. The van der Waals surface area contributed by atoms with Crippen molar-refractivity contribution in [3.05, 3.63) is 109 Å². The molecule has 44 heavy (non-hydrogen) atoms. The number of hydrogen-bond donors (Lipinski definition) is 1. The Labute approximate surface area is 257 Å². The molecule has 0 aliphatic heterocycles. The summed E-state index contributed by atoms with van der Waals surface area (Å²) in [5.41, 5.74) is -4.85. The molecule has 230 valence electrons. The van der Waals surface area contributed by atoms with Crippen LogP contribution in [0.3, 0.4) is 0 Å². The van der Waals surface area contributed by atoms with E-state index in [1.54, 1.807) is 54.6 Å². The van der Waals surface area contributed by atoms with Gasteiger partial charge in [-0.3, -0.25) is 10.1 Å². The third-order valence-corrected chi connectivity index (χ3v) is 12.0. The standard InChI is InChI=1S/C30H25F3N2O6S3/c1-2-39-20-40-22-15-18-26-27(19-22)42-29(34-26)35-28(36)21-13-16-25(17-14-21)43(23-9-5-3-6-10-23,24-11-7-4-8-12-24)41-44(37,38)30(31,32)33/h3-19H,2,20H2,1H3,(H,34,35,36). The summed E-state index contributed by atoms with van der Waals surface area (Å²) in [7, 11) is -9.53. The fraction of sp³-hybridized carbons (Fsp3) is 0.133. The lowest BCUT2D eigenvalue weighted by Crippen LogP contribution is -2.27. The Morgan fingerprint density at radius 2 is 1.45 bits per heavy atom. The summed E-state index contributed by atoms with van der Waals surface area (Å²) < 4.78 is 82.8. The summed E-state index contributed by atoms with van der Waals surface area (Å²) in [6.45, 7) is 2.47. The van der Waals surface area contributed by atoms with E-state index in [9.17, 15) is 26.4 Å². The molecule has 1 N–H and O–H groups in total. The average molecular weight is 663 g/mol. The summed E-state index contributed by atoms with van der Waals surface area (Å²) >= 11 is 1.23. The SMILES string of the molecule is CCOCOc1ccc2nc(NC(=O)c3ccc(S(OS(=O)(=O)C(F)(F)F)(c4ccccc4)c4ccccc4)cc3)sc2c1. The summed E-state index contributed by atoms with van der Waals surface area (Å²) in [5.74, 6) is 0.0629. The van der Waals surface area contributed by atoms with E-state index in [1.807, 2.05) is 6.92 Å². The number of thiazole rings is 1. The molecule has 5 aromatic rings. The normalized spacial score (nSPS) is 12.6. The third kappa shape index (κ3) is 6.59. The van der Waals surface area contributed by atoms with Gasteiger partial charge in [-0.2, -0.15) is 25.2 Å². The average Bonchev–Trinajstić information content (AvgIpc) is 3.42. The Balaban J connectivity index is 1.49. The fourth-order valence-electron chi connectivity index (χ4n) is 4.13. The molecule has 1 aromatic heterocycles. The summed E-state index contributed by atoms with van der Waals surface area (Å²) in [6.07, 6.45) is 0. The molecular weight excluding hydrogens is 638 g/mol. The van der Waals surface area contributed by atoms with E-state index in [0.29, 0.717) is 23.0 Å². The number of carbonyl (C=O) groups is 1. The fourth-order valence-corrected chi connectivity index (χ4v) is 9.76. The molecule has 0 aliphatic rings. The Hall–Kier alpha value is -3.95. The smallest absolute Gasteiger partial charge is 0.468 e. The zero-order valence-corrected chi connectivity index (χ0v) is 25.4. The van der Waals surface area contributed by atoms with Crippen LogP contribution in [-0.4, -0.2) is 38.2 Å². The number of alkyl halides is 3. The predicted octanol–water partition coefficient (Wildman–Crippen LogP) is 7.98. The third-order valence-electron chi connectivity index (χ3n) is 6.17. The van der Waals surface area contributed by atoms with Crippen molar-refractivity contribution in [2.24, 2.45) is 0 Å². The highest BCUT2D eigenvalue weighted by Crippen LogP contribution is 2.70. The van der Waals surface area contributed by atoms with Crippen LogP contribution in [0.2, 0.25) is 0 Å². The highest BCUT2D eigenvalue weighted by atomic mass is 32.3. The van der Waals surface area contributed by atoms with Crippen LogP contribution < -0.4 is 10.1 Å². The van der Waals surface area contributed by atoms with E-state index in [4.69, 9.17) is 13.1 Å². The first-order chi connectivity index (χ1) is 21.0. The van der Waals surface area contributed by atoms with E-state index in [2.05, 4.69) is 10.3 Å². The minimum atomic E-state index is -6.05. The number of ether oxygens (including phenoxy) is 2. The lowest BCUT2D eigenvalue weighted by atomic mass is 10.2. The maximum absolute atomic E-state index is 13.7. The van der Waals surface area contributed by atoms with Gasteiger partial charge in [0.05, 0.1) is 10.2 Å². The van der Waals surface area contributed by atoms with Crippen molar-refractivity contribution in [2.45, 2.75) is 27.1 Å². The molecule has 0 atom stereocenters. The number of carbonyl (C=O) groups excluding carboxylic acids is 1. The molecule has 4 aromatic carbocycles. The molecule has 0 bridgehead atoms. The van der Waals surface area contributed by atoms with Crippen molar-refractivity contribution >= 4 is 53.0 Å². The zero-order chi connectivity index (χ0) is 31.4. The molecule has 1 heterocycles. The molecule has 14 heteroatoms. The number of rotatable bonds is 11. The first kappa shape index (κ1) is 31.5. The number of fused-ring (bicyclic) bond motifs is 1. The number of anilines is 1. The molecule has 0 fully saturated rings. The van der Waals surface area contributed by atoms with E-state index in [-0.39, 0.29) is 27.0 Å². The van der Waals surface area contributed by atoms with Gasteiger partial charge in [-0.25, -0.2) is 4.98 Å². The molecule has 0 spiro atoms. The van der Waals surface area contributed by atoms with Gasteiger partial charge >= 0.3 is 15.6 Å². The van der Waals surface area contributed by atoms with Crippen molar-refractivity contribution in [3.8, 4) is 5.75 Å². The van der Waals surface area contributed by atoms with Crippen molar-refractivity contribution < 1.29 is 39.5 Å². The molecule has 0 aliphatic carbocycles. The van der Waals surface area contributed by atoms with Gasteiger partial charge in [0.15, 0.2) is 11.9 Å². The van der Waals surface area contributed by atoms with Crippen LogP contribution in [0.25, 0.3) is 10.2 Å². The summed E-state index contributed by atoms with van der Waals surface area (Å²) in [5, 5.41) is 3.06. The summed E-state index contributed by atoms with van der Waals surface area (Å²) in [6, 6.07) is 26.5. The van der Waals surface area contributed by atoms with Gasteiger partial charge in [0.2, 0.25) is 0 Å². The van der Waals surface area contributed by atoms with Gasteiger partial charge in [-0.05, 0) is 84.0 Å². The highest BCUT2D eigenvalue weighted by molar-refractivity contribution is 8.33. The minimum Gasteiger partial charge on any atom is -0.468 e. The van der Waals surface area contributed by atoms with Crippen molar-refractivity contribution in [1.82, 2.24) is 4.98 Å². The van der Waals surface area contributed by atoms with Gasteiger partial charge in [-0.15, -0.1) is 0 Å². The number of aromatic nitrogens is 1. The largest absolute Gasteiger partial charge is 0.524 e. The molecular formula is C30H25F3N2O6S3. The Morgan fingerprint density at radius 1 is 0.864 bits per heavy atom. The Kier molecular flexibility index (Phi) is 9.27. The Morgan fingerprint density at radius 3 is 2.02 bits per heavy atom. The van der Waals surface area contributed by atoms with E-state index < -0.39 is 31.8 Å². The second-order valence-corrected chi connectivity index (χ2v) is 14.5. The quantitative estimate of drug-likeness (QED) is 0.0869. The molecule has 1 amide bonds. The van der Waals surface area contributed by atoms with Crippen LogP contribution in [0.15, 0.2) is 118 Å². The lowest BCUT2D eigenvalue weighted by Gasteiger charge is -2.39. The topological polar surface area (TPSA) is 104 Å². The monoisotopic (exact) mass is 662 g/mol. The van der Waals surface area contributed by atoms with E-state index in [0.717, 1.165) is 4.70 Å². The maximum Gasteiger partial charge on any atom is 0.524 e. The highest BCUT2D eigenvalue weighted by Gasteiger charge is 2.52. The number of halogens is 3. The predicted molar refractivity (Wildman–Crippen MR) is 162 cm³/mol. The van der Waals surface area contributed by atoms with Crippen molar-refractivity contribution in [2.75, 3.05) is 18.7 Å². The van der Waals surface area contributed by atoms with Gasteiger partial charge in [0.25, 0.3) is 5.91 Å². The second kappa shape index (κ2) is 13.0. The minimum absolute atomic E-state index is 0.102. The molecule has 0 saturated carbocycles. The van der Waals surface area contributed by atoms with E-state index >= 15 is 0 Å². The number of nitrogens with one attached hydrogen (secondary N) is 1. The van der Waals surface area contributed by atoms with Crippen LogP contribution in [0.5, 0.6) is 5.75 Å². The van der Waals surface area contributed by atoms with Crippen LogP contribution in [0, 0.1) is 0 Å². The first-order valence-corrected chi connectivity index (χ1v) is 16.8. The molecule has 8 nitrogen and oxygen atoms in total. The first-order valence-electron chi connectivity index (χ1n) is 13.0. The van der Waals surface area contributed by atoms with E-state index in [1.165, 1.54) is 59.9 Å². The van der Waals surface area contributed by atoms with Crippen molar-refractivity contribution in [1.29, 1.82) is 0 Å². The van der Waals surface area contributed by atoms with Crippen molar-refractivity contribution in [3.63, 3.8) is 0 Å². The molecule has 0 unspecified atom stereocenters. The number of nitrogens with zero attached hydrogens (tertiary/aromatic N) is 1. The number of amides is 1. The van der Waals surface area contributed by atoms with Crippen LogP contribution in [0.4, 0.5) is 18.3 Å². The molecule has 5 rings (SSSR count). The van der Waals surface area contributed by atoms with Gasteiger partial charge in [0, 0.05) is 26.9 Å². The maximum atomic E-state index is 13.7. The number of hydrogen-bond acceptors (Lipinski definition) is 8. The molecule has 0 radical (unpaired) electrons. The number of benzene rings is 4. The van der Waals surface area contributed by atoms with Gasteiger partial charge in [0.1, 0.15) is 5.75 Å². The second-order valence-electron chi connectivity index (χ2n) is 9.03. The van der Waals surface area contributed by atoms with Gasteiger partial charge < -0.3 is 9.47 Å². The summed E-state index contributed by atoms with van der Waals surface area (Å²) in [4.78, 5) is 18.1. The van der Waals surface area contributed by atoms with Crippen LogP contribution in [-0.2, 0) is 18.5 Å². The van der Waals surface area contributed by atoms with Crippen LogP contribution in [0.1, 0.15) is 17.3 Å². The van der Waals surface area contributed by atoms with Crippen LogP contribution >= 0.6 is 21.6 Å².